The highest BCUT2D eigenvalue weighted by Gasteiger charge is 2.26. The van der Waals surface area contributed by atoms with Gasteiger partial charge in [-0.2, -0.15) is 5.26 Å². The van der Waals surface area contributed by atoms with E-state index in [2.05, 4.69) is 10.6 Å². The predicted molar refractivity (Wildman–Crippen MR) is 97.5 cm³/mol. The maximum Gasteiger partial charge on any atom is 0.258 e. The summed E-state index contributed by atoms with van der Waals surface area (Å²) in [6, 6.07) is 11.0. The minimum absolute atomic E-state index is 0.0192. The summed E-state index contributed by atoms with van der Waals surface area (Å²) in [7, 11) is 1.49. The highest BCUT2D eigenvalue weighted by molar-refractivity contribution is 6.37. The Labute approximate surface area is 159 Å². The summed E-state index contributed by atoms with van der Waals surface area (Å²) in [6.07, 6.45) is 0. The highest BCUT2D eigenvalue weighted by Crippen LogP contribution is 2.29. The van der Waals surface area contributed by atoms with Gasteiger partial charge in [0.15, 0.2) is 0 Å². The average molecular weight is 388 g/mol. The maximum absolute atomic E-state index is 12.7. The van der Waals surface area contributed by atoms with Crippen molar-refractivity contribution in [3.05, 3.63) is 69.0 Å². The van der Waals surface area contributed by atoms with Crippen molar-refractivity contribution >= 4 is 40.6 Å². The van der Waals surface area contributed by atoms with Crippen molar-refractivity contribution in [3.8, 4) is 11.8 Å². The van der Waals surface area contributed by atoms with Gasteiger partial charge in [0.05, 0.1) is 23.4 Å². The molecule has 0 saturated heterocycles. The molecule has 0 saturated carbocycles. The number of allylic oxidation sites excluding steroid dienone is 1. The highest BCUT2D eigenvalue weighted by atomic mass is 35.5. The molecule has 0 aliphatic carbocycles. The molecule has 1 amide bonds. The number of nitriles is 1. The first-order chi connectivity index (χ1) is 12.4. The van der Waals surface area contributed by atoms with Gasteiger partial charge in [-0.15, -0.1) is 0 Å². The molecule has 0 unspecified atom stereocenters. The molecule has 8 heteroatoms. The molecule has 1 aliphatic rings. The number of anilines is 1. The molecule has 3 rings (SSSR count). The van der Waals surface area contributed by atoms with Crippen LogP contribution in [0.25, 0.3) is 0 Å². The van der Waals surface area contributed by atoms with Gasteiger partial charge in [0.25, 0.3) is 5.91 Å². The SMILES string of the molecule is COc1ccc2c(c1)N/C(=C(/C#N)C(=O)c1ccc(Cl)cc1Cl)NC2=O. The van der Waals surface area contributed by atoms with Gasteiger partial charge in [-0.25, -0.2) is 0 Å². The van der Waals surface area contributed by atoms with Crippen LogP contribution in [0.1, 0.15) is 20.7 Å². The minimum atomic E-state index is -0.636. The number of rotatable bonds is 3. The molecule has 2 N–H and O–H groups in total. The molecule has 1 heterocycles. The fourth-order valence-electron chi connectivity index (χ4n) is 2.45. The van der Waals surface area contributed by atoms with E-state index in [4.69, 9.17) is 27.9 Å². The number of ether oxygens (including phenoxy) is 1. The number of fused-ring (bicyclic) bond motifs is 1. The van der Waals surface area contributed by atoms with E-state index in [1.807, 2.05) is 6.07 Å². The lowest BCUT2D eigenvalue weighted by Gasteiger charge is -2.22. The topological polar surface area (TPSA) is 91.2 Å². The first-order valence-electron chi connectivity index (χ1n) is 7.35. The van der Waals surface area contributed by atoms with E-state index < -0.39 is 11.7 Å². The number of hydrogen-bond donors (Lipinski definition) is 2. The molecule has 6 nitrogen and oxygen atoms in total. The van der Waals surface area contributed by atoms with Gasteiger partial charge in [-0.3, -0.25) is 9.59 Å². The number of halogens is 2. The average Bonchev–Trinajstić information content (AvgIpc) is 2.61. The molecule has 0 bridgehead atoms. The van der Waals surface area contributed by atoms with E-state index in [0.29, 0.717) is 22.0 Å². The Morgan fingerprint density at radius 1 is 1.15 bits per heavy atom. The largest absolute Gasteiger partial charge is 0.497 e. The fourth-order valence-corrected chi connectivity index (χ4v) is 2.95. The third kappa shape index (κ3) is 3.23. The van der Waals surface area contributed by atoms with Crippen molar-refractivity contribution in [1.29, 1.82) is 5.26 Å². The standard InChI is InChI=1S/C18H11Cl2N3O3/c1-26-10-3-5-12-15(7-10)22-17(23-18(12)25)13(8-21)16(24)11-4-2-9(19)6-14(11)20/h2-7,22H,1H3,(H,23,25)/b17-13+. The molecule has 0 fully saturated rings. The van der Waals surface area contributed by atoms with E-state index >= 15 is 0 Å². The van der Waals surface area contributed by atoms with E-state index in [1.54, 1.807) is 18.2 Å². The van der Waals surface area contributed by atoms with Crippen LogP contribution in [0.15, 0.2) is 47.8 Å². The van der Waals surface area contributed by atoms with Crippen LogP contribution in [0.3, 0.4) is 0 Å². The summed E-state index contributed by atoms with van der Waals surface area (Å²) in [4.78, 5) is 25.0. The van der Waals surface area contributed by atoms with Crippen molar-refractivity contribution in [2.24, 2.45) is 0 Å². The summed E-state index contributed by atoms with van der Waals surface area (Å²) in [5, 5.41) is 15.4. The fraction of sp³-hybridized carbons (Fsp3) is 0.0556. The molecular weight excluding hydrogens is 377 g/mol. The van der Waals surface area contributed by atoms with Crippen LogP contribution >= 0.6 is 23.2 Å². The van der Waals surface area contributed by atoms with Crippen molar-refractivity contribution in [2.75, 3.05) is 12.4 Å². The molecule has 130 valence electrons. The monoisotopic (exact) mass is 387 g/mol. The number of amides is 1. The molecule has 1 aliphatic heterocycles. The minimum Gasteiger partial charge on any atom is -0.497 e. The number of hydrogen-bond acceptors (Lipinski definition) is 5. The molecule has 2 aromatic rings. The third-order valence-electron chi connectivity index (χ3n) is 3.73. The van der Waals surface area contributed by atoms with Crippen LogP contribution in [0, 0.1) is 11.3 Å². The Morgan fingerprint density at radius 3 is 2.58 bits per heavy atom. The summed E-state index contributed by atoms with van der Waals surface area (Å²) >= 11 is 11.9. The van der Waals surface area contributed by atoms with Gasteiger partial charge in [-0.05, 0) is 30.3 Å². The lowest BCUT2D eigenvalue weighted by atomic mass is 10.0. The number of nitrogens with zero attached hydrogens (tertiary/aromatic N) is 1. The summed E-state index contributed by atoms with van der Waals surface area (Å²) < 4.78 is 5.13. The zero-order chi connectivity index (χ0) is 18.8. The Bertz CT molecular complexity index is 1010. The number of carbonyl (C=O) groups excluding carboxylic acids is 2. The van der Waals surface area contributed by atoms with Crippen LogP contribution in [0.4, 0.5) is 5.69 Å². The normalized spacial score (nSPS) is 14.5. The number of nitrogens with one attached hydrogen (secondary N) is 2. The Hall–Kier alpha value is -3.01. The van der Waals surface area contributed by atoms with Crippen molar-refractivity contribution in [3.63, 3.8) is 0 Å². The lowest BCUT2D eigenvalue weighted by Crippen LogP contribution is -2.35. The number of Topliss-reactive ketones (excluding diaryl/α,β-unsaturated/α-hetero) is 1. The van der Waals surface area contributed by atoms with Crippen LogP contribution in [0.2, 0.25) is 10.0 Å². The second kappa shape index (κ2) is 7.08. The van der Waals surface area contributed by atoms with Gasteiger partial charge in [0.2, 0.25) is 5.78 Å². The summed E-state index contributed by atoms with van der Waals surface area (Å²) in [5.74, 6) is -0.576. The molecule has 0 radical (unpaired) electrons. The molecule has 2 aromatic carbocycles. The molecule has 0 spiro atoms. The van der Waals surface area contributed by atoms with E-state index in [1.165, 1.54) is 25.3 Å². The van der Waals surface area contributed by atoms with Crippen LogP contribution in [-0.4, -0.2) is 18.8 Å². The first-order valence-corrected chi connectivity index (χ1v) is 8.10. The van der Waals surface area contributed by atoms with Gasteiger partial charge >= 0.3 is 0 Å². The smallest absolute Gasteiger partial charge is 0.258 e. The second-order valence-electron chi connectivity index (χ2n) is 5.31. The van der Waals surface area contributed by atoms with Crippen molar-refractivity contribution in [1.82, 2.24) is 5.32 Å². The van der Waals surface area contributed by atoms with E-state index in [9.17, 15) is 14.9 Å². The van der Waals surface area contributed by atoms with Gasteiger partial charge in [0, 0.05) is 16.7 Å². The number of ketones is 1. The van der Waals surface area contributed by atoms with Gasteiger partial charge in [0.1, 0.15) is 23.2 Å². The van der Waals surface area contributed by atoms with Crippen LogP contribution < -0.4 is 15.4 Å². The van der Waals surface area contributed by atoms with Gasteiger partial charge in [-0.1, -0.05) is 23.2 Å². The molecule has 26 heavy (non-hydrogen) atoms. The first kappa shape index (κ1) is 17.8. The van der Waals surface area contributed by atoms with Crippen LogP contribution in [0.5, 0.6) is 5.75 Å². The number of benzene rings is 2. The quantitative estimate of drug-likeness (QED) is 0.475. The van der Waals surface area contributed by atoms with Crippen molar-refractivity contribution in [2.45, 2.75) is 0 Å². The van der Waals surface area contributed by atoms with E-state index in [-0.39, 0.29) is 22.0 Å². The Morgan fingerprint density at radius 2 is 1.92 bits per heavy atom. The Balaban J connectivity index is 2.06. The molecule has 0 atom stereocenters. The predicted octanol–water partition coefficient (Wildman–Crippen LogP) is 3.78. The zero-order valence-electron chi connectivity index (χ0n) is 13.4. The number of carbonyl (C=O) groups is 2. The number of methoxy groups -OCH3 is 1. The van der Waals surface area contributed by atoms with E-state index in [0.717, 1.165) is 0 Å². The van der Waals surface area contributed by atoms with Crippen molar-refractivity contribution < 1.29 is 14.3 Å². The Kier molecular flexibility index (Phi) is 4.85. The second-order valence-corrected chi connectivity index (χ2v) is 6.15. The third-order valence-corrected chi connectivity index (χ3v) is 4.28. The molecular formula is C18H11Cl2N3O3. The lowest BCUT2D eigenvalue weighted by molar-refractivity contribution is 0.0963. The zero-order valence-corrected chi connectivity index (χ0v) is 14.9. The summed E-state index contributed by atoms with van der Waals surface area (Å²) in [5.41, 5.74) is 0.610. The van der Waals surface area contributed by atoms with Gasteiger partial charge < -0.3 is 15.4 Å². The summed E-state index contributed by atoms with van der Waals surface area (Å²) in [6.45, 7) is 0. The van der Waals surface area contributed by atoms with Crippen LogP contribution in [-0.2, 0) is 0 Å². The maximum atomic E-state index is 12.7. The molecule has 0 aromatic heterocycles.